The van der Waals surface area contributed by atoms with Gasteiger partial charge in [0.15, 0.2) is 5.65 Å². The predicted molar refractivity (Wildman–Crippen MR) is 94.8 cm³/mol. The van der Waals surface area contributed by atoms with Crippen molar-refractivity contribution < 1.29 is 0 Å². The number of fused-ring (bicyclic) bond motifs is 1. The molecule has 0 radical (unpaired) electrons. The number of aromatic nitrogens is 2. The summed E-state index contributed by atoms with van der Waals surface area (Å²) < 4.78 is 2.53. The largest absolute Gasteiger partial charge is 0.319 e. The summed E-state index contributed by atoms with van der Waals surface area (Å²) in [5.74, 6) is 0. The normalized spacial score (nSPS) is 10.9. The Morgan fingerprint density at radius 3 is 2.82 bits per heavy atom. The first-order valence-electron chi connectivity index (χ1n) is 6.71. The molecule has 2 aromatic heterocycles. The summed E-state index contributed by atoms with van der Waals surface area (Å²) in [6.45, 7) is 2.52. The number of benzene rings is 1. The summed E-state index contributed by atoms with van der Waals surface area (Å²) in [4.78, 5) is 4.41. The van der Waals surface area contributed by atoms with E-state index in [1.54, 1.807) is 12.3 Å². The van der Waals surface area contributed by atoms with Crippen LogP contribution in [0.25, 0.3) is 11.0 Å². The van der Waals surface area contributed by atoms with E-state index in [0.717, 1.165) is 22.2 Å². The molecule has 0 fully saturated rings. The average Bonchev–Trinajstić information content (AvgIpc) is 2.49. The van der Waals surface area contributed by atoms with Crippen molar-refractivity contribution in [2.75, 3.05) is 5.43 Å². The first-order chi connectivity index (χ1) is 10.6. The van der Waals surface area contributed by atoms with Crippen molar-refractivity contribution >= 4 is 46.5 Å². The van der Waals surface area contributed by atoms with Gasteiger partial charge in [0.05, 0.1) is 6.54 Å². The van der Waals surface area contributed by atoms with Gasteiger partial charge in [-0.25, -0.2) is 9.66 Å². The van der Waals surface area contributed by atoms with Crippen molar-refractivity contribution in [3.8, 4) is 0 Å². The number of rotatable bonds is 3. The first kappa shape index (κ1) is 15.3. The van der Waals surface area contributed by atoms with Crippen molar-refractivity contribution in [1.29, 1.82) is 0 Å². The third kappa shape index (κ3) is 2.95. The zero-order valence-electron chi connectivity index (χ0n) is 11.8. The fraction of sp³-hybridized carbons (Fsp3) is 0.125. The lowest BCUT2D eigenvalue weighted by atomic mass is 10.2. The van der Waals surface area contributed by atoms with Crippen molar-refractivity contribution in [1.82, 2.24) is 9.66 Å². The lowest BCUT2D eigenvalue weighted by Gasteiger charge is -2.15. The number of nitrogens with one attached hydrogen (secondary N) is 1. The molecule has 1 N–H and O–H groups in total. The van der Waals surface area contributed by atoms with Gasteiger partial charge in [0.2, 0.25) is 0 Å². The quantitative estimate of drug-likeness (QED) is 0.665. The molecule has 0 bridgehead atoms. The van der Waals surface area contributed by atoms with Gasteiger partial charge in [0.25, 0.3) is 0 Å². The second-order valence-corrected chi connectivity index (χ2v) is 6.19. The maximum atomic E-state index is 6.21. The number of nitrogens with zero attached hydrogens (tertiary/aromatic N) is 2. The Balaban J connectivity index is 2.00. The Hall–Kier alpha value is -1.62. The first-order valence-corrected chi connectivity index (χ1v) is 7.88. The highest BCUT2D eigenvalue weighted by Crippen LogP contribution is 2.21. The van der Waals surface area contributed by atoms with Gasteiger partial charge in [-0.15, -0.1) is 0 Å². The van der Waals surface area contributed by atoms with Crippen LogP contribution in [0.1, 0.15) is 11.1 Å². The van der Waals surface area contributed by atoms with Crippen LogP contribution in [0.3, 0.4) is 0 Å². The van der Waals surface area contributed by atoms with Gasteiger partial charge >= 0.3 is 0 Å². The van der Waals surface area contributed by atoms with Crippen LogP contribution in [-0.4, -0.2) is 9.66 Å². The van der Waals surface area contributed by atoms with Crippen LogP contribution in [-0.2, 0) is 6.54 Å². The monoisotopic (exact) mass is 349 g/mol. The molecule has 22 heavy (non-hydrogen) atoms. The van der Waals surface area contributed by atoms with Gasteiger partial charge in [0, 0.05) is 21.6 Å². The second kappa shape index (κ2) is 6.24. The molecule has 3 rings (SSSR count). The van der Waals surface area contributed by atoms with Gasteiger partial charge in [-0.2, -0.15) is 0 Å². The van der Waals surface area contributed by atoms with E-state index in [1.165, 1.54) is 0 Å². The van der Waals surface area contributed by atoms with E-state index in [4.69, 9.17) is 35.4 Å². The van der Waals surface area contributed by atoms with Crippen LogP contribution in [0, 0.1) is 11.6 Å². The second-order valence-electron chi connectivity index (χ2n) is 4.95. The molecule has 0 aliphatic rings. The molecule has 0 aliphatic heterocycles. The van der Waals surface area contributed by atoms with Gasteiger partial charge in [0.1, 0.15) is 4.64 Å². The summed E-state index contributed by atoms with van der Waals surface area (Å²) in [6, 6.07) is 11.4. The minimum Gasteiger partial charge on any atom is -0.319 e. The van der Waals surface area contributed by atoms with Crippen LogP contribution in [0.2, 0.25) is 10.0 Å². The molecule has 3 aromatic rings. The third-order valence-corrected chi connectivity index (χ3v) is 4.48. The maximum Gasteiger partial charge on any atom is 0.159 e. The smallest absolute Gasteiger partial charge is 0.159 e. The van der Waals surface area contributed by atoms with Crippen molar-refractivity contribution in [3.05, 3.63) is 68.4 Å². The molecule has 0 saturated carbocycles. The molecule has 0 saturated heterocycles. The zero-order chi connectivity index (χ0) is 15.7. The summed E-state index contributed by atoms with van der Waals surface area (Å²) >= 11 is 17.6. The Bertz CT molecular complexity index is 906. The number of aryl methyl sites for hydroxylation is 1. The van der Waals surface area contributed by atoms with E-state index in [0.29, 0.717) is 21.2 Å². The average molecular weight is 350 g/mol. The number of hydrogen-bond donors (Lipinski definition) is 1. The molecule has 0 aliphatic carbocycles. The molecule has 1 aromatic carbocycles. The van der Waals surface area contributed by atoms with Crippen molar-refractivity contribution in [3.63, 3.8) is 0 Å². The Labute approximate surface area is 143 Å². The Kier molecular flexibility index (Phi) is 4.34. The van der Waals surface area contributed by atoms with Crippen molar-refractivity contribution in [2.45, 2.75) is 13.5 Å². The molecular weight excluding hydrogens is 337 g/mol. The molecule has 0 amide bonds. The highest BCUT2D eigenvalue weighted by atomic mass is 35.5. The van der Waals surface area contributed by atoms with Crippen LogP contribution in [0.15, 0.2) is 42.6 Å². The van der Waals surface area contributed by atoms with E-state index in [-0.39, 0.29) is 0 Å². The van der Waals surface area contributed by atoms with Crippen LogP contribution in [0.4, 0.5) is 0 Å². The van der Waals surface area contributed by atoms with Gasteiger partial charge in [-0.1, -0.05) is 41.5 Å². The number of halogens is 2. The SMILES string of the molecule is Cc1cc2cccnc2n(NCc2ccc(Cl)cc2Cl)c1=S. The molecule has 0 atom stereocenters. The predicted octanol–water partition coefficient (Wildman–Crippen LogP) is 5.12. The van der Waals surface area contributed by atoms with E-state index >= 15 is 0 Å². The lowest BCUT2D eigenvalue weighted by Crippen LogP contribution is -2.18. The van der Waals surface area contributed by atoms with Gasteiger partial charge in [-0.3, -0.25) is 0 Å². The fourth-order valence-electron chi connectivity index (χ4n) is 2.25. The number of hydrogen-bond acceptors (Lipinski definition) is 3. The molecule has 2 heterocycles. The summed E-state index contributed by atoms with van der Waals surface area (Å²) in [5.41, 5.74) is 6.05. The fourth-order valence-corrected chi connectivity index (χ4v) is 2.94. The van der Waals surface area contributed by atoms with Crippen LogP contribution < -0.4 is 5.43 Å². The molecule has 0 unspecified atom stereocenters. The summed E-state index contributed by atoms with van der Waals surface area (Å²) in [5, 5.41) is 2.27. The minimum atomic E-state index is 0.527. The minimum absolute atomic E-state index is 0.527. The molecule has 3 nitrogen and oxygen atoms in total. The topological polar surface area (TPSA) is 29.9 Å². The lowest BCUT2D eigenvalue weighted by molar-refractivity contribution is 0.836. The third-order valence-electron chi connectivity index (χ3n) is 3.38. The van der Waals surface area contributed by atoms with E-state index in [1.807, 2.05) is 41.9 Å². The maximum absolute atomic E-state index is 6.21. The number of pyridine rings is 2. The summed E-state index contributed by atoms with van der Waals surface area (Å²) in [7, 11) is 0. The van der Waals surface area contributed by atoms with Crippen LogP contribution >= 0.6 is 35.4 Å². The zero-order valence-corrected chi connectivity index (χ0v) is 14.1. The summed E-state index contributed by atoms with van der Waals surface area (Å²) in [6.07, 6.45) is 1.75. The van der Waals surface area contributed by atoms with Gasteiger partial charge in [-0.05, 0) is 48.4 Å². The molecule has 112 valence electrons. The van der Waals surface area contributed by atoms with Crippen LogP contribution in [0.5, 0.6) is 0 Å². The highest BCUT2D eigenvalue weighted by molar-refractivity contribution is 7.71. The van der Waals surface area contributed by atoms with Crippen molar-refractivity contribution in [2.24, 2.45) is 0 Å². The van der Waals surface area contributed by atoms with E-state index in [2.05, 4.69) is 10.4 Å². The molecule has 0 spiro atoms. The van der Waals surface area contributed by atoms with E-state index in [9.17, 15) is 0 Å². The molecule has 6 heteroatoms. The molecular formula is C16H13Cl2N3S. The Morgan fingerprint density at radius 2 is 2.05 bits per heavy atom. The Morgan fingerprint density at radius 1 is 1.23 bits per heavy atom. The highest BCUT2D eigenvalue weighted by Gasteiger charge is 2.06. The van der Waals surface area contributed by atoms with Gasteiger partial charge < -0.3 is 5.43 Å². The standard InChI is InChI=1S/C16H13Cl2N3S/c1-10-7-11-3-2-6-19-15(11)21(16(10)22)20-9-12-4-5-13(17)8-14(12)18/h2-8,20H,9H2,1H3. The van der Waals surface area contributed by atoms with E-state index < -0.39 is 0 Å².